The fraction of sp³-hybridized carbons (Fsp3) is 0.0263. The van der Waals surface area contributed by atoms with Crippen LogP contribution in [-0.2, 0) is 0 Å². The van der Waals surface area contributed by atoms with Crippen molar-refractivity contribution in [2.75, 3.05) is 4.90 Å². The van der Waals surface area contributed by atoms with Crippen LogP contribution in [0.2, 0.25) is 0 Å². The zero-order valence-corrected chi connectivity index (χ0v) is 68.4. The molecule has 0 saturated heterocycles. The van der Waals surface area contributed by atoms with Crippen LogP contribution in [0.1, 0.15) is 16.7 Å². The van der Waals surface area contributed by atoms with Gasteiger partial charge in [0.15, 0.2) is 16.3 Å². The molecule has 124 heavy (non-hydrogen) atoms. The van der Waals surface area contributed by atoms with Gasteiger partial charge in [0, 0.05) is 135 Å². The van der Waals surface area contributed by atoms with Gasteiger partial charge in [-0.3, -0.25) is 14.4 Å². The van der Waals surface area contributed by atoms with Gasteiger partial charge in [-0.05, 0) is 236 Å². The Bertz CT molecular complexity index is 8050. The number of rotatable bonds is 12. The Labute approximate surface area is 715 Å². The number of nitrogens with zero attached hydrogens (tertiary/aromatic N) is 7. The van der Waals surface area contributed by atoms with E-state index in [4.69, 9.17) is 0 Å². The zero-order chi connectivity index (χ0) is 83.5. The topological polar surface area (TPSA) is 84.0 Å². The van der Waals surface area contributed by atoms with Crippen LogP contribution in [0, 0.1) is 20.8 Å². The van der Waals surface area contributed by atoms with E-state index in [0.717, 1.165) is 123 Å². The van der Waals surface area contributed by atoms with E-state index >= 15 is 0 Å². The van der Waals surface area contributed by atoms with E-state index in [9.17, 15) is 14.4 Å². The lowest BCUT2D eigenvalue weighted by atomic mass is 10.0. The molecule has 0 atom stereocenters. The number of fused-ring (bicyclic) bond motifs is 12. The minimum atomic E-state index is 0.0579. The largest absolute Gasteiger partial charge is 0.316 e. The van der Waals surface area contributed by atoms with Crippen molar-refractivity contribution in [2.45, 2.75) is 20.8 Å². The zero-order valence-electron chi connectivity index (χ0n) is 68.4. The third-order valence-electron chi connectivity index (χ3n) is 24.1. The molecule has 0 unspecified atom stereocenters. The Morgan fingerprint density at radius 1 is 0.177 bits per heavy atom. The number of para-hydroxylation sites is 8. The first-order chi connectivity index (χ1) is 61.0. The summed E-state index contributed by atoms with van der Waals surface area (Å²) < 4.78 is 13.3. The summed E-state index contributed by atoms with van der Waals surface area (Å²) >= 11 is 0. The van der Waals surface area contributed by atoms with Crippen molar-refractivity contribution >= 4 is 115 Å². The van der Waals surface area contributed by atoms with E-state index < -0.39 is 0 Å². The second-order valence-corrected chi connectivity index (χ2v) is 31.7. The molecule has 23 aromatic rings. The van der Waals surface area contributed by atoms with E-state index in [2.05, 4.69) is 360 Å². The van der Waals surface area contributed by atoms with E-state index in [1.54, 1.807) is 0 Å². The number of aryl methyl sites for hydroxylation is 3. The lowest BCUT2D eigenvalue weighted by Crippen LogP contribution is -2.12. The van der Waals surface area contributed by atoms with Crippen molar-refractivity contribution in [1.29, 1.82) is 0 Å². The van der Waals surface area contributed by atoms with Gasteiger partial charge in [0.1, 0.15) is 0 Å². The van der Waals surface area contributed by atoms with Gasteiger partial charge >= 0.3 is 0 Å². The van der Waals surface area contributed by atoms with Crippen molar-refractivity contribution < 1.29 is 0 Å². The molecule has 590 valence electrons. The minimum Gasteiger partial charge on any atom is -0.316 e. The van der Waals surface area contributed by atoms with Crippen LogP contribution in [0.5, 0.6) is 0 Å². The molecule has 0 aliphatic heterocycles. The molecule has 0 fully saturated rings. The van der Waals surface area contributed by atoms with Crippen LogP contribution < -0.4 is 21.2 Å². The molecule has 0 amide bonds. The van der Waals surface area contributed by atoms with Gasteiger partial charge < -0.3 is 32.3 Å². The predicted molar refractivity (Wildman–Crippen MR) is 517 cm³/mol. The second-order valence-electron chi connectivity index (χ2n) is 31.7. The lowest BCUT2D eigenvalue weighted by molar-refractivity contribution is 1.07. The van der Waals surface area contributed by atoms with Gasteiger partial charge in [0.05, 0.1) is 49.7 Å². The van der Waals surface area contributed by atoms with Crippen molar-refractivity contribution in [2.24, 2.45) is 0 Å². The summed E-state index contributed by atoms with van der Waals surface area (Å²) in [4.78, 5) is 42.4. The standard InChI is InChI=1S/C40H27N3O.C40H28N2O.C34H26N2O/c1-26-25-41(27-11-3-2-4-12-27)35-21-19-29(24-34(35)40(26)44)43-38-18-10-7-15-32(38)33-23-28(20-22-39(33)43)42-36-16-8-5-13-30(36)31-14-6-9-17-37(31)42;1-27-26-41(32-15-9-4-10-16-32)37-22-19-33(25-36(37)40(27)43)42-38-20-17-30(28-11-5-2-6-12-28)23-34(38)35-24-31(18-21-39(35)42)29-13-7-3-8-14-29;1-25-24-35(28-11-5-2-6-12-28)33-22-19-27(23-32(33)34(25)37)26-17-20-31(21-18-26)36(29-13-7-3-8-14-29)30-15-9-4-10-16-30/h2-25H,1H3;2-26H,1H3;2-24H,1H3. The Morgan fingerprint density at radius 3 is 0.774 bits per heavy atom. The van der Waals surface area contributed by atoms with E-state index in [0.29, 0.717) is 10.8 Å². The molecule has 17 aromatic carbocycles. The van der Waals surface area contributed by atoms with E-state index in [1.807, 2.05) is 130 Å². The molecule has 0 N–H and O–H groups in total. The third-order valence-corrected chi connectivity index (χ3v) is 24.1. The van der Waals surface area contributed by atoms with E-state index in [1.165, 1.54) is 65.6 Å². The molecule has 23 rings (SSSR count). The Balaban J connectivity index is 0.000000115. The van der Waals surface area contributed by atoms with Crippen LogP contribution in [0.4, 0.5) is 17.1 Å². The fourth-order valence-corrected chi connectivity index (χ4v) is 18.1. The monoisotopic (exact) mass is 1600 g/mol. The predicted octanol–water partition coefficient (Wildman–Crippen LogP) is 27.7. The summed E-state index contributed by atoms with van der Waals surface area (Å²) in [6.45, 7) is 5.67. The molecule has 10 nitrogen and oxygen atoms in total. The molecule has 0 bridgehead atoms. The number of benzene rings is 17. The molecule has 0 aliphatic rings. The third kappa shape index (κ3) is 13.5. The Kier molecular flexibility index (Phi) is 19.2. The minimum absolute atomic E-state index is 0.0579. The summed E-state index contributed by atoms with van der Waals surface area (Å²) in [6.07, 6.45) is 5.81. The van der Waals surface area contributed by atoms with Crippen molar-refractivity contribution in [3.8, 4) is 67.5 Å². The van der Waals surface area contributed by atoms with Crippen LogP contribution >= 0.6 is 0 Å². The second kappa shape index (κ2) is 31.7. The molecule has 0 spiro atoms. The van der Waals surface area contributed by atoms with Gasteiger partial charge in [-0.1, -0.05) is 237 Å². The van der Waals surface area contributed by atoms with Crippen LogP contribution in [0.25, 0.3) is 166 Å². The molecule has 0 aliphatic carbocycles. The highest BCUT2D eigenvalue weighted by Gasteiger charge is 2.22. The summed E-state index contributed by atoms with van der Waals surface area (Å²) in [6, 6.07) is 145. The number of anilines is 3. The van der Waals surface area contributed by atoms with Gasteiger partial charge in [0.25, 0.3) is 0 Å². The van der Waals surface area contributed by atoms with Gasteiger partial charge in [-0.2, -0.15) is 0 Å². The molecule has 0 saturated carbocycles. The molecule has 6 aromatic heterocycles. The highest BCUT2D eigenvalue weighted by atomic mass is 16.1. The van der Waals surface area contributed by atoms with Crippen molar-refractivity contribution in [1.82, 2.24) is 27.4 Å². The fourth-order valence-electron chi connectivity index (χ4n) is 18.1. The van der Waals surface area contributed by atoms with E-state index in [-0.39, 0.29) is 16.3 Å². The number of aromatic nitrogens is 6. The number of pyridine rings is 3. The molecular formula is C114H81N7O3. The quantitative estimate of drug-likeness (QED) is 0.122. The summed E-state index contributed by atoms with van der Waals surface area (Å²) in [5.41, 5.74) is 28.1. The average molecular weight is 1600 g/mol. The maximum atomic E-state index is 13.5. The molecule has 10 heteroatoms. The lowest BCUT2D eigenvalue weighted by Gasteiger charge is -2.25. The smallest absolute Gasteiger partial charge is 0.192 e. The first kappa shape index (κ1) is 75.1. The number of hydrogen-bond donors (Lipinski definition) is 0. The van der Waals surface area contributed by atoms with Crippen LogP contribution in [-0.4, -0.2) is 27.4 Å². The van der Waals surface area contributed by atoms with Gasteiger partial charge in [-0.15, -0.1) is 0 Å². The van der Waals surface area contributed by atoms with Crippen LogP contribution in [0.3, 0.4) is 0 Å². The Hall–Kier alpha value is -16.4. The van der Waals surface area contributed by atoms with Gasteiger partial charge in [0.2, 0.25) is 0 Å². The molecule has 0 radical (unpaired) electrons. The normalized spacial score (nSPS) is 11.4. The highest BCUT2D eigenvalue weighted by Crippen LogP contribution is 2.42. The number of hydrogen-bond acceptors (Lipinski definition) is 4. The van der Waals surface area contributed by atoms with Gasteiger partial charge in [-0.25, -0.2) is 0 Å². The highest BCUT2D eigenvalue weighted by molar-refractivity contribution is 6.14. The van der Waals surface area contributed by atoms with Crippen LogP contribution in [0.15, 0.2) is 452 Å². The maximum Gasteiger partial charge on any atom is 0.192 e. The van der Waals surface area contributed by atoms with Crippen molar-refractivity contribution in [3.05, 3.63) is 485 Å². The molecule has 6 heterocycles. The summed E-state index contributed by atoms with van der Waals surface area (Å²) in [5.74, 6) is 0. The SMILES string of the molecule is Cc1cn(-c2ccccc2)c2ccc(-c3ccc(N(c4ccccc4)c4ccccc4)cc3)cc2c1=O.Cc1cn(-c2ccccc2)c2ccc(-n3c4ccc(-c5ccccc5)cc4c4cc(-c5ccccc5)ccc43)cc2c1=O.Cc1cn(-c2ccccc2)c2ccc(-n3c4ccccc4c4cc(-n5c6ccccc6c6ccccc65)ccc43)cc2c1=O. The Morgan fingerprint density at radius 2 is 0.411 bits per heavy atom. The first-order valence-corrected chi connectivity index (χ1v) is 41.9. The summed E-state index contributed by atoms with van der Waals surface area (Å²) in [7, 11) is 0. The average Bonchev–Trinajstić information content (AvgIpc) is 1.57. The first-order valence-electron chi connectivity index (χ1n) is 41.9. The molecular weight excluding hydrogens is 1520 g/mol. The maximum absolute atomic E-state index is 13.5. The van der Waals surface area contributed by atoms with Crippen molar-refractivity contribution in [3.63, 3.8) is 0 Å². The summed E-state index contributed by atoms with van der Waals surface area (Å²) in [5, 5.41) is 9.34.